The summed E-state index contributed by atoms with van der Waals surface area (Å²) in [6.07, 6.45) is 3.21. The average Bonchev–Trinajstić information content (AvgIpc) is 2.30. The molecule has 0 aromatic rings. The van der Waals surface area contributed by atoms with Crippen molar-refractivity contribution in [3.63, 3.8) is 0 Å². The van der Waals surface area contributed by atoms with Crippen molar-refractivity contribution in [1.82, 2.24) is 5.32 Å². The Morgan fingerprint density at radius 2 is 1.88 bits per heavy atom. The first-order valence-electron chi connectivity index (χ1n) is 6.24. The summed E-state index contributed by atoms with van der Waals surface area (Å²) < 4.78 is 0. The van der Waals surface area contributed by atoms with E-state index in [1.54, 1.807) is 0 Å². The molecule has 0 radical (unpaired) electrons. The third kappa shape index (κ3) is 3.21. The van der Waals surface area contributed by atoms with Crippen LogP contribution >= 0.6 is 0 Å². The monoisotopic (exact) mass is 239 g/mol. The molecule has 0 spiro atoms. The predicted octanol–water partition coefficient (Wildman–Crippen LogP) is 3.26. The number of rotatable bonds is 1. The lowest BCUT2D eigenvalue weighted by molar-refractivity contribution is -0.117. The Bertz CT molecular complexity index is 300. The highest BCUT2D eigenvalue weighted by Crippen LogP contribution is 2.37. The molecule has 1 aliphatic rings. The van der Waals surface area contributed by atoms with Gasteiger partial charge in [-0.3, -0.25) is 4.79 Å². The highest BCUT2D eigenvalue weighted by atomic mass is 28.3. The van der Waals surface area contributed by atoms with Crippen LogP contribution in [0.1, 0.15) is 40.0 Å². The summed E-state index contributed by atoms with van der Waals surface area (Å²) in [5, 5.41) is 3.30. The molecule has 0 unspecified atom stereocenters. The van der Waals surface area contributed by atoms with Crippen LogP contribution in [0.3, 0.4) is 0 Å². The van der Waals surface area contributed by atoms with E-state index in [1.165, 1.54) is 0 Å². The van der Waals surface area contributed by atoms with Gasteiger partial charge in [0.05, 0.1) is 8.07 Å². The summed E-state index contributed by atoms with van der Waals surface area (Å²) in [7, 11) is -1.48. The number of hydrogen-bond donors (Lipinski definition) is 1. The zero-order chi connectivity index (χ0) is 12.4. The van der Waals surface area contributed by atoms with E-state index < -0.39 is 8.07 Å². The van der Waals surface area contributed by atoms with Gasteiger partial charge >= 0.3 is 0 Å². The van der Waals surface area contributed by atoms with Crippen molar-refractivity contribution >= 4 is 14.0 Å². The molecule has 1 fully saturated rings. The van der Waals surface area contributed by atoms with E-state index in [4.69, 9.17) is 0 Å². The van der Waals surface area contributed by atoms with E-state index in [0.717, 1.165) is 31.4 Å². The second-order valence-corrected chi connectivity index (χ2v) is 11.6. The molecule has 0 aliphatic carbocycles. The number of amides is 1. The van der Waals surface area contributed by atoms with Crippen molar-refractivity contribution in [2.45, 2.75) is 58.2 Å². The van der Waals surface area contributed by atoms with Gasteiger partial charge in [-0.2, -0.15) is 0 Å². The second kappa shape index (κ2) is 4.74. The third-order valence-electron chi connectivity index (χ3n) is 3.92. The van der Waals surface area contributed by atoms with E-state index in [9.17, 15) is 4.79 Å². The Morgan fingerprint density at radius 1 is 1.25 bits per heavy atom. The summed E-state index contributed by atoms with van der Waals surface area (Å²) in [6, 6.07) is 0. The van der Waals surface area contributed by atoms with Gasteiger partial charge in [-0.05, 0) is 24.3 Å². The van der Waals surface area contributed by atoms with Crippen molar-refractivity contribution in [3.05, 3.63) is 11.3 Å². The summed E-state index contributed by atoms with van der Waals surface area (Å²) in [5.74, 6) is 0.169. The SMILES string of the molecule is CC(C)(C)[Si](C)(C)/C=C1/CCCCNC1=O. The molecule has 1 heterocycles. The minimum Gasteiger partial charge on any atom is -0.352 e. The van der Waals surface area contributed by atoms with Crippen molar-refractivity contribution in [2.24, 2.45) is 0 Å². The Hall–Kier alpha value is -0.573. The first-order valence-corrected chi connectivity index (χ1v) is 9.32. The standard InChI is InChI=1S/C13H25NOSi/c1-13(2,3)16(4,5)10-11-8-6-7-9-14-12(11)15/h10H,6-9H2,1-5H3,(H,14,15)/b11-10-. The van der Waals surface area contributed by atoms with Gasteiger partial charge in [-0.1, -0.05) is 39.6 Å². The minimum atomic E-state index is -1.48. The maximum atomic E-state index is 11.9. The van der Waals surface area contributed by atoms with E-state index >= 15 is 0 Å². The van der Waals surface area contributed by atoms with Crippen LogP contribution in [0.2, 0.25) is 18.1 Å². The van der Waals surface area contributed by atoms with Gasteiger partial charge in [0.1, 0.15) is 0 Å². The maximum Gasteiger partial charge on any atom is 0.246 e. The fraction of sp³-hybridized carbons (Fsp3) is 0.769. The smallest absolute Gasteiger partial charge is 0.246 e. The molecule has 16 heavy (non-hydrogen) atoms. The number of carbonyl (C=O) groups is 1. The van der Waals surface area contributed by atoms with Crippen LogP contribution in [-0.4, -0.2) is 20.5 Å². The largest absolute Gasteiger partial charge is 0.352 e. The molecule has 1 aliphatic heterocycles. The van der Waals surface area contributed by atoms with Gasteiger partial charge < -0.3 is 5.32 Å². The molecule has 1 N–H and O–H groups in total. The highest BCUT2D eigenvalue weighted by molar-refractivity contribution is 6.85. The third-order valence-corrected chi connectivity index (χ3v) is 8.85. The van der Waals surface area contributed by atoms with Gasteiger partial charge in [0, 0.05) is 12.1 Å². The van der Waals surface area contributed by atoms with Crippen LogP contribution in [-0.2, 0) is 4.79 Å². The van der Waals surface area contributed by atoms with Crippen LogP contribution in [0.25, 0.3) is 0 Å². The fourth-order valence-electron chi connectivity index (χ4n) is 1.66. The maximum absolute atomic E-state index is 11.9. The van der Waals surface area contributed by atoms with Crippen molar-refractivity contribution < 1.29 is 4.79 Å². The minimum absolute atomic E-state index is 0.169. The Morgan fingerprint density at radius 3 is 2.44 bits per heavy atom. The molecule has 0 aromatic heterocycles. The van der Waals surface area contributed by atoms with Crippen molar-refractivity contribution in [3.8, 4) is 0 Å². The van der Waals surface area contributed by atoms with Crippen LogP contribution in [0, 0.1) is 0 Å². The highest BCUT2D eigenvalue weighted by Gasteiger charge is 2.34. The molecule has 3 heteroatoms. The van der Waals surface area contributed by atoms with Gasteiger partial charge in [-0.15, -0.1) is 0 Å². The summed E-state index contributed by atoms with van der Waals surface area (Å²) >= 11 is 0. The Labute approximate surface area is 101 Å². The van der Waals surface area contributed by atoms with Gasteiger partial charge in [0.25, 0.3) is 0 Å². The quantitative estimate of drug-likeness (QED) is 0.552. The Balaban J connectivity index is 2.93. The molecule has 0 aromatic carbocycles. The van der Waals surface area contributed by atoms with Crippen molar-refractivity contribution in [1.29, 1.82) is 0 Å². The van der Waals surface area contributed by atoms with Gasteiger partial charge in [0.2, 0.25) is 5.91 Å². The number of hydrogen-bond acceptors (Lipinski definition) is 1. The lowest BCUT2D eigenvalue weighted by Gasteiger charge is -2.34. The summed E-state index contributed by atoms with van der Waals surface area (Å²) in [6.45, 7) is 12.4. The van der Waals surface area contributed by atoms with Crippen LogP contribution in [0.4, 0.5) is 0 Å². The number of carbonyl (C=O) groups excluding carboxylic acids is 1. The van der Waals surface area contributed by atoms with Crippen LogP contribution in [0.5, 0.6) is 0 Å². The van der Waals surface area contributed by atoms with Crippen LogP contribution in [0.15, 0.2) is 11.3 Å². The average molecular weight is 239 g/mol. The van der Waals surface area contributed by atoms with Crippen molar-refractivity contribution in [2.75, 3.05) is 6.54 Å². The molecule has 0 bridgehead atoms. The zero-order valence-corrected chi connectivity index (χ0v) is 12.3. The number of nitrogens with one attached hydrogen (secondary N) is 1. The first kappa shape index (κ1) is 13.5. The molecule has 1 amide bonds. The van der Waals surface area contributed by atoms with Gasteiger partial charge in [0.15, 0.2) is 0 Å². The topological polar surface area (TPSA) is 29.1 Å². The lowest BCUT2D eigenvalue weighted by atomic mass is 10.1. The van der Waals surface area contributed by atoms with E-state index in [-0.39, 0.29) is 5.91 Å². The molecule has 92 valence electrons. The molecule has 1 saturated heterocycles. The zero-order valence-electron chi connectivity index (χ0n) is 11.3. The van der Waals surface area contributed by atoms with Crippen LogP contribution < -0.4 is 5.32 Å². The Kier molecular flexibility index (Phi) is 4.00. The summed E-state index contributed by atoms with van der Waals surface area (Å²) in [4.78, 5) is 11.9. The first-order chi connectivity index (χ1) is 7.24. The molecule has 1 rings (SSSR count). The second-order valence-electron chi connectivity index (χ2n) is 6.35. The fourth-order valence-corrected chi connectivity index (χ4v) is 3.24. The molecule has 0 atom stereocenters. The molecular weight excluding hydrogens is 214 g/mol. The van der Waals surface area contributed by atoms with E-state index in [0.29, 0.717) is 5.04 Å². The van der Waals surface area contributed by atoms with E-state index in [2.05, 4.69) is 44.9 Å². The molecular formula is C13H25NOSi. The van der Waals surface area contributed by atoms with E-state index in [1.807, 2.05) is 0 Å². The normalized spacial score (nSPS) is 21.8. The van der Waals surface area contributed by atoms with Gasteiger partial charge in [-0.25, -0.2) is 0 Å². The summed E-state index contributed by atoms with van der Waals surface area (Å²) in [5.41, 5.74) is 3.34. The lowest BCUT2D eigenvalue weighted by Crippen LogP contribution is -2.37. The molecule has 0 saturated carbocycles. The molecule has 2 nitrogen and oxygen atoms in total. The predicted molar refractivity (Wildman–Crippen MR) is 72.1 cm³/mol.